The summed E-state index contributed by atoms with van der Waals surface area (Å²) in [6.45, 7) is 10.8. The quantitative estimate of drug-likeness (QED) is 0.479. The molecule has 3 nitrogen and oxygen atoms in total. The van der Waals surface area contributed by atoms with Crippen LogP contribution in [0.4, 0.5) is 0 Å². The van der Waals surface area contributed by atoms with Crippen molar-refractivity contribution >= 4 is 0 Å². The third kappa shape index (κ3) is 2.43. The maximum atomic E-state index is 5.47. The number of hydrogen-bond donors (Lipinski definition) is 2. The highest BCUT2D eigenvalue weighted by atomic mass is 15.6. The van der Waals surface area contributed by atoms with Crippen molar-refractivity contribution in [3.8, 4) is 0 Å². The molecule has 0 spiro atoms. The van der Waals surface area contributed by atoms with Crippen molar-refractivity contribution in [3.63, 3.8) is 0 Å². The number of nitrogens with two attached hydrogens (primary N) is 2. The summed E-state index contributed by atoms with van der Waals surface area (Å²) in [6, 6.07) is 0.197. The maximum absolute atomic E-state index is 5.47. The Labute approximate surface area is 69.7 Å². The highest BCUT2D eigenvalue weighted by molar-refractivity contribution is 4.81. The van der Waals surface area contributed by atoms with Crippen LogP contribution in [-0.2, 0) is 0 Å². The molecule has 0 aliphatic heterocycles. The Balaban J connectivity index is 4.29. The Bertz CT molecular complexity index is 119. The molecule has 4 N–H and O–H groups in total. The molecule has 0 radical (unpaired) electrons. The van der Waals surface area contributed by atoms with E-state index < -0.39 is 0 Å². The van der Waals surface area contributed by atoms with Crippen molar-refractivity contribution < 1.29 is 0 Å². The number of rotatable bonds is 3. The number of hydrogen-bond acceptors (Lipinski definition) is 3. The minimum absolute atomic E-state index is 0.156. The first-order valence-electron chi connectivity index (χ1n) is 4.08. The molecule has 0 aliphatic rings. The summed E-state index contributed by atoms with van der Waals surface area (Å²) in [5.41, 5.74) is 0.156. The highest BCUT2D eigenvalue weighted by Crippen LogP contribution is 2.31. The average molecular weight is 159 g/mol. The number of hydrazine groups is 2. The third-order valence-electron chi connectivity index (χ3n) is 3.01. The molecule has 0 saturated heterocycles. The number of nitrogens with zero attached hydrogens (tertiary/aromatic N) is 1. The van der Waals surface area contributed by atoms with Gasteiger partial charge in [-0.3, -0.25) is 11.7 Å². The minimum Gasteiger partial charge on any atom is -0.255 e. The predicted molar refractivity (Wildman–Crippen MR) is 48.3 cm³/mol. The molecule has 3 heteroatoms. The van der Waals surface area contributed by atoms with Crippen LogP contribution in [0.3, 0.4) is 0 Å². The largest absolute Gasteiger partial charge is 0.255 e. The Hall–Kier alpha value is -0.120. The topological polar surface area (TPSA) is 55.3 Å². The summed E-state index contributed by atoms with van der Waals surface area (Å²) in [6.07, 6.45) is 0. The minimum atomic E-state index is 0.156. The van der Waals surface area contributed by atoms with Gasteiger partial charge in [-0.05, 0) is 18.3 Å². The summed E-state index contributed by atoms with van der Waals surface area (Å²) < 4.78 is 0. The van der Waals surface area contributed by atoms with Gasteiger partial charge in [-0.15, -0.1) is 0 Å². The first kappa shape index (κ1) is 10.9. The zero-order chi connectivity index (χ0) is 9.23. The lowest BCUT2D eigenvalue weighted by Crippen LogP contribution is -2.53. The molecule has 0 rings (SSSR count). The van der Waals surface area contributed by atoms with Crippen LogP contribution in [-0.4, -0.2) is 11.2 Å². The summed E-state index contributed by atoms with van der Waals surface area (Å²) in [4.78, 5) is 0. The smallest absolute Gasteiger partial charge is 0.0420 e. The van der Waals surface area contributed by atoms with Crippen LogP contribution >= 0.6 is 0 Å². The first-order chi connectivity index (χ1) is 4.80. The molecule has 11 heavy (non-hydrogen) atoms. The molecule has 0 fully saturated rings. The fourth-order valence-electron chi connectivity index (χ4n) is 0.867. The summed E-state index contributed by atoms with van der Waals surface area (Å²) >= 11 is 0. The van der Waals surface area contributed by atoms with Crippen LogP contribution in [0.2, 0.25) is 0 Å². The third-order valence-corrected chi connectivity index (χ3v) is 3.01. The molecule has 0 saturated carbocycles. The molecule has 1 atom stereocenters. The van der Waals surface area contributed by atoms with E-state index in [-0.39, 0.29) is 11.5 Å². The van der Waals surface area contributed by atoms with Crippen LogP contribution in [0.15, 0.2) is 0 Å². The van der Waals surface area contributed by atoms with Crippen molar-refractivity contribution in [1.29, 1.82) is 0 Å². The van der Waals surface area contributed by atoms with Gasteiger partial charge < -0.3 is 0 Å². The first-order valence-corrected chi connectivity index (χ1v) is 4.08. The fourth-order valence-corrected chi connectivity index (χ4v) is 0.867. The predicted octanol–water partition coefficient (Wildman–Crippen LogP) is 1.11. The Kier molecular flexibility index (Phi) is 3.48. The normalized spacial score (nSPS) is 16.1. The monoisotopic (exact) mass is 159 g/mol. The van der Waals surface area contributed by atoms with Crippen molar-refractivity contribution in [2.45, 2.75) is 40.7 Å². The SMILES string of the molecule is CC(C)C(C)(C)C(C)N(N)N. The Morgan fingerprint density at radius 3 is 1.55 bits per heavy atom. The molecule has 0 aliphatic carbocycles. The van der Waals surface area contributed by atoms with Gasteiger partial charge in [0.15, 0.2) is 0 Å². The lowest BCUT2D eigenvalue weighted by molar-refractivity contribution is 0.0642. The van der Waals surface area contributed by atoms with Crippen molar-refractivity contribution in [1.82, 2.24) is 5.12 Å². The summed E-state index contributed by atoms with van der Waals surface area (Å²) in [7, 11) is 0. The van der Waals surface area contributed by atoms with E-state index in [1.165, 1.54) is 5.12 Å². The lowest BCUT2D eigenvalue weighted by Gasteiger charge is -2.38. The van der Waals surface area contributed by atoms with E-state index >= 15 is 0 Å². The average Bonchev–Trinajstić information content (AvgIpc) is 1.85. The van der Waals surface area contributed by atoms with Crippen molar-refractivity contribution in [2.75, 3.05) is 0 Å². The summed E-state index contributed by atoms with van der Waals surface area (Å²) in [5.74, 6) is 11.5. The van der Waals surface area contributed by atoms with Crippen molar-refractivity contribution in [3.05, 3.63) is 0 Å². The maximum Gasteiger partial charge on any atom is 0.0420 e. The van der Waals surface area contributed by atoms with E-state index in [0.717, 1.165) is 0 Å². The lowest BCUT2D eigenvalue weighted by atomic mass is 9.75. The van der Waals surface area contributed by atoms with Crippen LogP contribution in [0.1, 0.15) is 34.6 Å². The van der Waals surface area contributed by atoms with Gasteiger partial charge in [0.2, 0.25) is 0 Å². The molecule has 68 valence electrons. The van der Waals surface area contributed by atoms with Crippen LogP contribution in [0, 0.1) is 11.3 Å². The van der Waals surface area contributed by atoms with E-state index in [1.54, 1.807) is 0 Å². The van der Waals surface area contributed by atoms with Crippen molar-refractivity contribution in [2.24, 2.45) is 23.0 Å². The van der Waals surface area contributed by atoms with E-state index in [4.69, 9.17) is 11.7 Å². The second kappa shape index (κ2) is 3.52. The Morgan fingerprint density at radius 1 is 1.09 bits per heavy atom. The standard InChI is InChI=1S/C8H21N3/c1-6(2)8(4,5)7(3)11(9)10/h6-7H,9-10H2,1-5H3. The second-order valence-corrected chi connectivity index (χ2v) is 4.10. The van der Waals surface area contributed by atoms with Gasteiger partial charge in [0.1, 0.15) is 0 Å². The van der Waals surface area contributed by atoms with Gasteiger partial charge in [-0.1, -0.05) is 27.7 Å². The van der Waals surface area contributed by atoms with Gasteiger partial charge in [0.05, 0.1) is 0 Å². The highest BCUT2D eigenvalue weighted by Gasteiger charge is 2.31. The Morgan fingerprint density at radius 2 is 1.45 bits per heavy atom. The summed E-state index contributed by atoms with van der Waals surface area (Å²) in [5, 5.41) is 1.29. The van der Waals surface area contributed by atoms with Gasteiger partial charge in [0, 0.05) is 6.04 Å². The molecular formula is C8H21N3. The van der Waals surface area contributed by atoms with Crippen LogP contribution in [0.5, 0.6) is 0 Å². The molecular weight excluding hydrogens is 138 g/mol. The fraction of sp³-hybridized carbons (Fsp3) is 1.00. The van der Waals surface area contributed by atoms with Gasteiger partial charge >= 0.3 is 0 Å². The zero-order valence-corrected chi connectivity index (χ0v) is 8.26. The molecule has 0 heterocycles. The van der Waals surface area contributed by atoms with E-state index in [1.807, 2.05) is 6.92 Å². The molecule has 0 aromatic carbocycles. The molecule has 0 aromatic rings. The van der Waals surface area contributed by atoms with Gasteiger partial charge in [0.25, 0.3) is 0 Å². The second-order valence-electron chi connectivity index (χ2n) is 4.10. The van der Waals surface area contributed by atoms with Crippen LogP contribution < -0.4 is 11.7 Å². The van der Waals surface area contributed by atoms with E-state index in [2.05, 4.69) is 27.7 Å². The van der Waals surface area contributed by atoms with Gasteiger partial charge in [-0.25, -0.2) is 0 Å². The molecule has 0 amide bonds. The van der Waals surface area contributed by atoms with E-state index in [0.29, 0.717) is 5.92 Å². The van der Waals surface area contributed by atoms with Gasteiger partial charge in [-0.2, -0.15) is 5.12 Å². The molecule has 0 bridgehead atoms. The molecule has 1 unspecified atom stereocenters. The molecule has 0 aromatic heterocycles. The van der Waals surface area contributed by atoms with E-state index in [9.17, 15) is 0 Å². The van der Waals surface area contributed by atoms with Crippen LogP contribution in [0.25, 0.3) is 0 Å². The zero-order valence-electron chi connectivity index (χ0n) is 8.26.